The van der Waals surface area contributed by atoms with Gasteiger partial charge in [0, 0.05) is 5.56 Å². The minimum Gasteiger partial charge on any atom is -0.508 e. The van der Waals surface area contributed by atoms with Crippen LogP contribution in [0.2, 0.25) is 0 Å². The quantitative estimate of drug-likeness (QED) is 0.857. The Labute approximate surface area is 108 Å². The highest BCUT2D eigenvalue weighted by Crippen LogP contribution is 2.35. The molecule has 0 spiro atoms. The average molecular weight is 242 g/mol. The molecule has 2 aromatic rings. The molecular weight excluding hydrogens is 224 g/mol. The molecule has 2 rings (SSSR count). The third kappa shape index (κ3) is 2.19. The summed E-state index contributed by atoms with van der Waals surface area (Å²) in [4.78, 5) is 0. The standard InChI is InChI=1S/C16H18O2/c1-3-11-7-5-6-8-14(11)12-9-15(17)13(4-2)16(18)10-12/h5-10,17-18H,3-4H2,1-2H3. The first-order valence-corrected chi connectivity index (χ1v) is 6.30. The summed E-state index contributed by atoms with van der Waals surface area (Å²) in [6, 6.07) is 11.5. The third-order valence-corrected chi connectivity index (χ3v) is 3.27. The molecule has 0 aliphatic rings. The van der Waals surface area contributed by atoms with Gasteiger partial charge in [-0.25, -0.2) is 0 Å². The Morgan fingerprint density at radius 2 is 1.50 bits per heavy atom. The van der Waals surface area contributed by atoms with Crippen molar-refractivity contribution in [3.63, 3.8) is 0 Å². The van der Waals surface area contributed by atoms with E-state index in [2.05, 4.69) is 13.0 Å². The van der Waals surface area contributed by atoms with E-state index >= 15 is 0 Å². The van der Waals surface area contributed by atoms with Crippen molar-refractivity contribution in [2.75, 3.05) is 0 Å². The monoisotopic (exact) mass is 242 g/mol. The Hall–Kier alpha value is -1.96. The molecule has 0 radical (unpaired) electrons. The van der Waals surface area contributed by atoms with Gasteiger partial charge in [0.2, 0.25) is 0 Å². The zero-order chi connectivity index (χ0) is 13.1. The van der Waals surface area contributed by atoms with Crippen LogP contribution in [-0.2, 0) is 12.8 Å². The average Bonchev–Trinajstić information content (AvgIpc) is 2.38. The lowest BCUT2D eigenvalue weighted by molar-refractivity contribution is 0.440. The number of aryl methyl sites for hydroxylation is 1. The first-order chi connectivity index (χ1) is 8.67. The van der Waals surface area contributed by atoms with Gasteiger partial charge in [-0.15, -0.1) is 0 Å². The van der Waals surface area contributed by atoms with Crippen LogP contribution in [-0.4, -0.2) is 10.2 Å². The lowest BCUT2D eigenvalue weighted by Gasteiger charge is -2.11. The van der Waals surface area contributed by atoms with Crippen LogP contribution in [0.1, 0.15) is 25.0 Å². The van der Waals surface area contributed by atoms with E-state index in [1.165, 1.54) is 5.56 Å². The Balaban J connectivity index is 2.58. The van der Waals surface area contributed by atoms with E-state index in [0.29, 0.717) is 12.0 Å². The zero-order valence-corrected chi connectivity index (χ0v) is 10.8. The second-order valence-corrected chi connectivity index (χ2v) is 4.36. The maximum absolute atomic E-state index is 9.94. The second-order valence-electron chi connectivity index (χ2n) is 4.36. The van der Waals surface area contributed by atoms with E-state index in [-0.39, 0.29) is 11.5 Å². The van der Waals surface area contributed by atoms with E-state index in [1.54, 1.807) is 12.1 Å². The van der Waals surface area contributed by atoms with Gasteiger partial charge in [-0.3, -0.25) is 0 Å². The fourth-order valence-corrected chi connectivity index (χ4v) is 2.27. The van der Waals surface area contributed by atoms with Gasteiger partial charge in [0.15, 0.2) is 0 Å². The molecule has 0 atom stereocenters. The summed E-state index contributed by atoms with van der Waals surface area (Å²) >= 11 is 0. The molecule has 0 aromatic heterocycles. The van der Waals surface area contributed by atoms with Gasteiger partial charge < -0.3 is 10.2 Å². The summed E-state index contributed by atoms with van der Waals surface area (Å²) < 4.78 is 0. The maximum atomic E-state index is 9.94. The summed E-state index contributed by atoms with van der Waals surface area (Å²) in [5, 5.41) is 19.9. The molecule has 0 heterocycles. The maximum Gasteiger partial charge on any atom is 0.123 e. The topological polar surface area (TPSA) is 40.5 Å². The number of hydrogen-bond acceptors (Lipinski definition) is 2. The summed E-state index contributed by atoms with van der Waals surface area (Å²) in [6.45, 7) is 4.01. The van der Waals surface area contributed by atoms with E-state index in [1.807, 2.05) is 25.1 Å². The molecule has 2 nitrogen and oxygen atoms in total. The van der Waals surface area contributed by atoms with Crippen molar-refractivity contribution in [1.82, 2.24) is 0 Å². The van der Waals surface area contributed by atoms with Crippen molar-refractivity contribution in [3.05, 3.63) is 47.5 Å². The van der Waals surface area contributed by atoms with Crippen molar-refractivity contribution in [1.29, 1.82) is 0 Å². The van der Waals surface area contributed by atoms with Crippen molar-refractivity contribution >= 4 is 0 Å². The normalized spacial score (nSPS) is 10.6. The first kappa shape index (κ1) is 12.5. The molecule has 0 saturated heterocycles. The lowest BCUT2D eigenvalue weighted by Crippen LogP contribution is -1.89. The van der Waals surface area contributed by atoms with Crippen LogP contribution in [0.3, 0.4) is 0 Å². The fraction of sp³-hybridized carbons (Fsp3) is 0.250. The van der Waals surface area contributed by atoms with Crippen LogP contribution < -0.4 is 0 Å². The van der Waals surface area contributed by atoms with Gasteiger partial charge in [-0.05, 0) is 41.7 Å². The van der Waals surface area contributed by atoms with Crippen LogP contribution >= 0.6 is 0 Å². The van der Waals surface area contributed by atoms with Crippen LogP contribution in [0, 0.1) is 0 Å². The van der Waals surface area contributed by atoms with Gasteiger partial charge in [-0.1, -0.05) is 38.1 Å². The number of hydrogen-bond donors (Lipinski definition) is 2. The van der Waals surface area contributed by atoms with Crippen molar-refractivity contribution in [2.45, 2.75) is 26.7 Å². The van der Waals surface area contributed by atoms with Gasteiger partial charge in [-0.2, -0.15) is 0 Å². The molecular formula is C16H18O2. The van der Waals surface area contributed by atoms with Crippen molar-refractivity contribution < 1.29 is 10.2 Å². The minimum absolute atomic E-state index is 0.165. The van der Waals surface area contributed by atoms with Crippen LogP contribution in [0.25, 0.3) is 11.1 Å². The number of aromatic hydroxyl groups is 2. The summed E-state index contributed by atoms with van der Waals surface area (Å²) in [6.07, 6.45) is 1.54. The lowest BCUT2D eigenvalue weighted by atomic mass is 9.96. The molecule has 0 fully saturated rings. The SMILES string of the molecule is CCc1ccccc1-c1cc(O)c(CC)c(O)c1. The number of rotatable bonds is 3. The molecule has 2 N–H and O–H groups in total. The van der Waals surface area contributed by atoms with E-state index in [4.69, 9.17) is 0 Å². The predicted molar refractivity (Wildman–Crippen MR) is 74.0 cm³/mol. The van der Waals surface area contributed by atoms with Gasteiger partial charge >= 0.3 is 0 Å². The molecule has 0 saturated carbocycles. The predicted octanol–water partition coefficient (Wildman–Crippen LogP) is 3.89. The van der Waals surface area contributed by atoms with Crippen molar-refractivity contribution in [2.24, 2.45) is 0 Å². The Morgan fingerprint density at radius 1 is 0.889 bits per heavy atom. The fourth-order valence-electron chi connectivity index (χ4n) is 2.27. The molecule has 18 heavy (non-hydrogen) atoms. The molecule has 2 heteroatoms. The van der Waals surface area contributed by atoms with Gasteiger partial charge in [0.25, 0.3) is 0 Å². The van der Waals surface area contributed by atoms with E-state index < -0.39 is 0 Å². The van der Waals surface area contributed by atoms with Gasteiger partial charge in [0.05, 0.1) is 0 Å². The summed E-state index contributed by atoms with van der Waals surface area (Å²) in [7, 11) is 0. The number of phenolic OH excluding ortho intramolecular Hbond substituents is 2. The zero-order valence-electron chi connectivity index (χ0n) is 10.8. The molecule has 0 unspecified atom stereocenters. The number of benzene rings is 2. The highest BCUT2D eigenvalue weighted by Gasteiger charge is 2.10. The highest BCUT2D eigenvalue weighted by molar-refractivity contribution is 5.71. The number of phenols is 2. The first-order valence-electron chi connectivity index (χ1n) is 6.30. The largest absolute Gasteiger partial charge is 0.508 e. The summed E-state index contributed by atoms with van der Waals surface area (Å²) in [5.74, 6) is 0.330. The highest BCUT2D eigenvalue weighted by atomic mass is 16.3. The summed E-state index contributed by atoms with van der Waals surface area (Å²) in [5.41, 5.74) is 3.74. The second kappa shape index (κ2) is 5.13. The minimum atomic E-state index is 0.165. The third-order valence-electron chi connectivity index (χ3n) is 3.27. The van der Waals surface area contributed by atoms with E-state index in [0.717, 1.165) is 17.5 Å². The molecule has 0 amide bonds. The smallest absolute Gasteiger partial charge is 0.123 e. The van der Waals surface area contributed by atoms with Crippen molar-refractivity contribution in [3.8, 4) is 22.6 Å². The van der Waals surface area contributed by atoms with Gasteiger partial charge in [0.1, 0.15) is 11.5 Å². The molecule has 2 aromatic carbocycles. The van der Waals surface area contributed by atoms with Crippen LogP contribution in [0.15, 0.2) is 36.4 Å². The Morgan fingerprint density at radius 3 is 2.06 bits per heavy atom. The van der Waals surface area contributed by atoms with Crippen LogP contribution in [0.4, 0.5) is 0 Å². The molecule has 0 aliphatic carbocycles. The molecule has 94 valence electrons. The van der Waals surface area contributed by atoms with E-state index in [9.17, 15) is 10.2 Å². The Bertz CT molecular complexity index is 536. The molecule has 0 bridgehead atoms. The molecule has 0 aliphatic heterocycles. The van der Waals surface area contributed by atoms with Crippen LogP contribution in [0.5, 0.6) is 11.5 Å². The Kier molecular flexibility index (Phi) is 3.56.